The average molecular weight is 631 g/mol. The van der Waals surface area contributed by atoms with Crippen molar-refractivity contribution in [2.24, 2.45) is 0 Å². The summed E-state index contributed by atoms with van der Waals surface area (Å²) in [6.45, 7) is 2.04. The Bertz CT molecular complexity index is 1450. The second-order valence-electron chi connectivity index (χ2n) is 7.73. The zero-order chi connectivity index (χ0) is 23.2. The van der Waals surface area contributed by atoms with Gasteiger partial charge in [-0.15, -0.1) is 71.8 Å². The van der Waals surface area contributed by atoms with Crippen LogP contribution in [0, 0.1) is 19.1 Å². The first-order valence-corrected chi connectivity index (χ1v) is 11.1. The molecule has 6 aromatic rings. The Morgan fingerprint density at radius 3 is 2.06 bits per heavy atom. The molecule has 173 valence electrons. The summed E-state index contributed by atoms with van der Waals surface area (Å²) in [6, 6.07) is 40.3. The Morgan fingerprint density at radius 1 is 0.714 bits per heavy atom. The van der Waals surface area contributed by atoms with E-state index in [-0.39, 0.29) is 20.1 Å². The minimum atomic E-state index is 0. The molecular formula is C30H22IrN4-2. The van der Waals surface area contributed by atoms with Gasteiger partial charge < -0.3 is 9.55 Å². The van der Waals surface area contributed by atoms with E-state index < -0.39 is 0 Å². The maximum absolute atomic E-state index is 4.72. The molecule has 1 radical (unpaired) electrons. The van der Waals surface area contributed by atoms with Gasteiger partial charge in [0.15, 0.2) is 5.65 Å². The largest absolute Gasteiger partial charge is 0.332 e. The van der Waals surface area contributed by atoms with Gasteiger partial charge in [0.25, 0.3) is 0 Å². The fourth-order valence-corrected chi connectivity index (χ4v) is 3.69. The SMILES string of the molecule is Cc1cnc2nc(-c3[c-]cccc3)n(-c3ccccc3)c2c1.[Ir].[c-]1ccccc1-c1ccccn1. The van der Waals surface area contributed by atoms with Gasteiger partial charge in [-0.3, -0.25) is 4.98 Å². The van der Waals surface area contributed by atoms with Gasteiger partial charge in [0.2, 0.25) is 0 Å². The Kier molecular flexibility index (Phi) is 7.94. The third-order valence-corrected chi connectivity index (χ3v) is 5.26. The minimum absolute atomic E-state index is 0. The van der Waals surface area contributed by atoms with Crippen molar-refractivity contribution in [2.75, 3.05) is 0 Å². The Balaban J connectivity index is 0.000000189. The number of fused-ring (bicyclic) bond motifs is 1. The van der Waals surface area contributed by atoms with Crippen molar-refractivity contribution < 1.29 is 20.1 Å². The van der Waals surface area contributed by atoms with Crippen molar-refractivity contribution >= 4 is 11.2 Å². The molecule has 35 heavy (non-hydrogen) atoms. The first-order chi connectivity index (χ1) is 16.8. The van der Waals surface area contributed by atoms with E-state index in [2.05, 4.69) is 44.9 Å². The summed E-state index contributed by atoms with van der Waals surface area (Å²) >= 11 is 0. The van der Waals surface area contributed by atoms with Gasteiger partial charge in [-0.2, -0.15) is 0 Å². The second-order valence-corrected chi connectivity index (χ2v) is 7.73. The molecule has 0 aliphatic carbocycles. The van der Waals surface area contributed by atoms with Crippen LogP contribution in [-0.4, -0.2) is 19.5 Å². The summed E-state index contributed by atoms with van der Waals surface area (Å²) in [5.74, 6) is 0.861. The molecule has 0 fully saturated rings. The molecule has 0 saturated carbocycles. The van der Waals surface area contributed by atoms with Gasteiger partial charge in [0.05, 0.1) is 11.3 Å². The van der Waals surface area contributed by atoms with Crippen molar-refractivity contribution in [1.82, 2.24) is 19.5 Å². The number of benzene rings is 3. The number of para-hydroxylation sites is 1. The van der Waals surface area contributed by atoms with Gasteiger partial charge >= 0.3 is 0 Å². The molecular weight excluding hydrogens is 609 g/mol. The van der Waals surface area contributed by atoms with Crippen LogP contribution in [-0.2, 0) is 20.1 Å². The molecule has 0 saturated heterocycles. The molecule has 3 heterocycles. The van der Waals surface area contributed by atoms with Crippen LogP contribution in [0.2, 0.25) is 0 Å². The number of nitrogens with zero attached hydrogens (tertiary/aromatic N) is 4. The Morgan fingerprint density at radius 2 is 1.40 bits per heavy atom. The molecule has 0 aliphatic heterocycles. The number of imidazole rings is 1. The summed E-state index contributed by atoms with van der Waals surface area (Å²) in [5, 5.41) is 0. The number of aromatic nitrogens is 4. The molecule has 5 heteroatoms. The maximum atomic E-state index is 4.72. The summed E-state index contributed by atoms with van der Waals surface area (Å²) in [4.78, 5) is 13.4. The van der Waals surface area contributed by atoms with Crippen LogP contribution >= 0.6 is 0 Å². The van der Waals surface area contributed by atoms with Crippen molar-refractivity contribution in [1.29, 1.82) is 0 Å². The topological polar surface area (TPSA) is 43.6 Å². The second kappa shape index (κ2) is 11.5. The molecule has 0 unspecified atom stereocenters. The number of pyridine rings is 2. The van der Waals surface area contributed by atoms with E-state index in [1.807, 2.05) is 98.0 Å². The van der Waals surface area contributed by atoms with E-state index in [0.717, 1.165) is 45.1 Å². The van der Waals surface area contributed by atoms with Gasteiger partial charge in [0, 0.05) is 38.2 Å². The van der Waals surface area contributed by atoms with Crippen LogP contribution in [0.25, 0.3) is 39.5 Å². The molecule has 0 spiro atoms. The summed E-state index contributed by atoms with van der Waals surface area (Å²) in [7, 11) is 0. The van der Waals surface area contributed by atoms with Gasteiger partial charge in [-0.25, -0.2) is 4.98 Å². The first kappa shape index (κ1) is 24.2. The zero-order valence-corrected chi connectivity index (χ0v) is 21.5. The van der Waals surface area contributed by atoms with Crippen LogP contribution in [0.1, 0.15) is 5.56 Å². The van der Waals surface area contributed by atoms with Crippen LogP contribution < -0.4 is 0 Å². The predicted octanol–water partition coefficient (Wildman–Crippen LogP) is 6.74. The number of hydrogen-bond acceptors (Lipinski definition) is 3. The van der Waals surface area contributed by atoms with E-state index in [9.17, 15) is 0 Å². The quantitative estimate of drug-likeness (QED) is 0.204. The van der Waals surface area contributed by atoms with Gasteiger partial charge in [-0.1, -0.05) is 30.3 Å². The molecule has 4 nitrogen and oxygen atoms in total. The van der Waals surface area contributed by atoms with E-state index in [1.165, 1.54) is 0 Å². The van der Waals surface area contributed by atoms with E-state index in [0.29, 0.717) is 0 Å². The van der Waals surface area contributed by atoms with Crippen molar-refractivity contribution in [2.45, 2.75) is 6.92 Å². The van der Waals surface area contributed by atoms with E-state index >= 15 is 0 Å². The monoisotopic (exact) mass is 631 g/mol. The van der Waals surface area contributed by atoms with Gasteiger partial charge in [0.1, 0.15) is 0 Å². The van der Waals surface area contributed by atoms with Crippen LogP contribution in [0.5, 0.6) is 0 Å². The minimum Gasteiger partial charge on any atom is -0.332 e. The van der Waals surface area contributed by atoms with Crippen LogP contribution in [0.15, 0.2) is 116 Å². The predicted molar refractivity (Wildman–Crippen MR) is 136 cm³/mol. The van der Waals surface area contributed by atoms with Crippen molar-refractivity contribution in [3.05, 3.63) is 133 Å². The normalized spacial score (nSPS) is 10.2. The average Bonchev–Trinajstić information content (AvgIpc) is 3.30. The maximum Gasteiger partial charge on any atom is 0.168 e. The van der Waals surface area contributed by atoms with Gasteiger partial charge in [-0.05, 0) is 42.4 Å². The fourth-order valence-electron chi connectivity index (χ4n) is 3.69. The van der Waals surface area contributed by atoms with Crippen LogP contribution in [0.4, 0.5) is 0 Å². The van der Waals surface area contributed by atoms with E-state index in [1.54, 1.807) is 6.20 Å². The molecule has 0 atom stereocenters. The number of rotatable bonds is 3. The Labute approximate surface area is 218 Å². The fraction of sp³-hybridized carbons (Fsp3) is 0.0333. The smallest absolute Gasteiger partial charge is 0.168 e. The summed E-state index contributed by atoms with van der Waals surface area (Å²) in [5.41, 5.74) is 6.93. The first-order valence-electron chi connectivity index (χ1n) is 11.1. The molecule has 0 aliphatic rings. The third-order valence-electron chi connectivity index (χ3n) is 5.26. The van der Waals surface area contributed by atoms with Crippen molar-refractivity contribution in [3.63, 3.8) is 0 Å². The number of hydrogen-bond donors (Lipinski definition) is 0. The number of aryl methyl sites for hydroxylation is 1. The molecule has 6 rings (SSSR count). The van der Waals surface area contributed by atoms with Crippen LogP contribution in [0.3, 0.4) is 0 Å². The zero-order valence-electron chi connectivity index (χ0n) is 19.1. The molecule has 3 aromatic heterocycles. The molecule has 3 aromatic carbocycles. The van der Waals surface area contributed by atoms with E-state index in [4.69, 9.17) is 4.98 Å². The Hall–Kier alpha value is -3.92. The summed E-state index contributed by atoms with van der Waals surface area (Å²) in [6.07, 6.45) is 3.64. The molecule has 0 N–H and O–H groups in total. The summed E-state index contributed by atoms with van der Waals surface area (Å²) < 4.78 is 2.14. The van der Waals surface area contributed by atoms with Crippen molar-refractivity contribution in [3.8, 4) is 28.3 Å². The molecule has 0 amide bonds. The standard InChI is InChI=1S/C19H14N3.C11H8N.Ir/c1-14-12-17-18(20-13-14)21-19(15-8-4-2-5-9-15)22(17)16-10-6-3-7-11-16;1-2-6-10(7-3-1)11-8-4-5-9-12-11;/h2-8,10-13H,1H3;1-6,8-9H;/q2*-1;. The third kappa shape index (κ3) is 5.60. The molecule has 0 bridgehead atoms.